The van der Waals surface area contributed by atoms with Gasteiger partial charge in [-0.1, -0.05) is 0 Å². The molecule has 0 aliphatic carbocycles. The van der Waals surface area contributed by atoms with E-state index in [2.05, 4.69) is 10.6 Å². The standard InChI is InChI=1S/C19H18F2N2O4/c1-26-9-19(25)23-16-8-15-14(6-17(16)27-2)13(7-18(24)22-15)10-3-11(20)5-12(21)4-10/h3-6,8,13H,7,9H2,1-2H3,(H,22,24)(H,23,25). The lowest BCUT2D eigenvalue weighted by atomic mass is 9.84. The van der Waals surface area contributed by atoms with Crippen molar-refractivity contribution in [2.75, 3.05) is 31.5 Å². The van der Waals surface area contributed by atoms with Crippen molar-refractivity contribution >= 4 is 23.2 Å². The number of methoxy groups -OCH3 is 2. The Morgan fingerprint density at radius 3 is 2.52 bits per heavy atom. The molecule has 8 heteroatoms. The lowest BCUT2D eigenvalue weighted by Gasteiger charge is -2.27. The maximum absolute atomic E-state index is 13.7. The zero-order valence-corrected chi connectivity index (χ0v) is 14.8. The third-order valence-electron chi connectivity index (χ3n) is 4.25. The van der Waals surface area contributed by atoms with Crippen LogP contribution in [0.4, 0.5) is 20.2 Å². The molecule has 2 N–H and O–H groups in total. The summed E-state index contributed by atoms with van der Waals surface area (Å²) < 4.78 is 37.4. The average molecular weight is 376 g/mol. The van der Waals surface area contributed by atoms with Crippen LogP contribution in [-0.2, 0) is 14.3 Å². The topological polar surface area (TPSA) is 76.7 Å². The molecule has 2 aromatic carbocycles. The summed E-state index contributed by atoms with van der Waals surface area (Å²) in [5, 5.41) is 5.36. The van der Waals surface area contributed by atoms with Crippen LogP contribution in [0, 0.1) is 11.6 Å². The van der Waals surface area contributed by atoms with Crippen molar-refractivity contribution in [2.45, 2.75) is 12.3 Å². The first-order valence-electron chi connectivity index (χ1n) is 8.17. The van der Waals surface area contributed by atoms with E-state index < -0.39 is 17.6 Å². The van der Waals surface area contributed by atoms with E-state index in [1.165, 1.54) is 26.4 Å². The number of carbonyl (C=O) groups is 2. The fraction of sp³-hybridized carbons (Fsp3) is 0.263. The van der Waals surface area contributed by atoms with Gasteiger partial charge in [0.15, 0.2) is 0 Å². The summed E-state index contributed by atoms with van der Waals surface area (Å²) in [7, 11) is 2.83. The predicted octanol–water partition coefficient (Wildman–Crippen LogP) is 3.03. The van der Waals surface area contributed by atoms with Crippen molar-refractivity contribution in [2.24, 2.45) is 0 Å². The third kappa shape index (κ3) is 4.06. The van der Waals surface area contributed by atoms with Gasteiger partial charge in [0.1, 0.15) is 24.0 Å². The molecular formula is C19H18F2N2O4. The van der Waals surface area contributed by atoms with Gasteiger partial charge in [0.2, 0.25) is 11.8 Å². The van der Waals surface area contributed by atoms with Crippen LogP contribution in [0.5, 0.6) is 5.75 Å². The number of halogens is 2. The highest BCUT2D eigenvalue weighted by atomic mass is 19.1. The first kappa shape index (κ1) is 18.8. The summed E-state index contributed by atoms with van der Waals surface area (Å²) in [5.41, 5.74) is 1.78. The van der Waals surface area contributed by atoms with E-state index in [1.807, 2.05) is 0 Å². The second-order valence-electron chi connectivity index (χ2n) is 6.13. The van der Waals surface area contributed by atoms with Crippen LogP contribution < -0.4 is 15.4 Å². The monoisotopic (exact) mass is 376 g/mol. The minimum Gasteiger partial charge on any atom is -0.495 e. The van der Waals surface area contributed by atoms with E-state index in [-0.39, 0.29) is 24.8 Å². The minimum absolute atomic E-state index is 0.0361. The average Bonchev–Trinajstić information content (AvgIpc) is 2.59. The second-order valence-corrected chi connectivity index (χ2v) is 6.13. The molecule has 3 rings (SSSR count). The molecule has 1 unspecified atom stereocenters. The molecule has 0 saturated carbocycles. The van der Waals surface area contributed by atoms with E-state index in [1.54, 1.807) is 12.1 Å². The third-order valence-corrected chi connectivity index (χ3v) is 4.25. The first-order chi connectivity index (χ1) is 12.9. The quantitative estimate of drug-likeness (QED) is 0.841. The van der Waals surface area contributed by atoms with Gasteiger partial charge >= 0.3 is 0 Å². The Labute approximate surface area is 154 Å². The largest absolute Gasteiger partial charge is 0.495 e. The van der Waals surface area contributed by atoms with Gasteiger partial charge in [0.25, 0.3) is 0 Å². The minimum atomic E-state index is -0.715. The summed E-state index contributed by atoms with van der Waals surface area (Å²) in [6, 6.07) is 6.39. The number of benzene rings is 2. The number of anilines is 2. The van der Waals surface area contributed by atoms with Crippen LogP contribution >= 0.6 is 0 Å². The molecule has 0 spiro atoms. The Morgan fingerprint density at radius 1 is 1.19 bits per heavy atom. The zero-order valence-electron chi connectivity index (χ0n) is 14.8. The first-order valence-corrected chi connectivity index (χ1v) is 8.17. The summed E-state index contributed by atoms with van der Waals surface area (Å²) in [6.07, 6.45) is 0.0361. The fourth-order valence-corrected chi connectivity index (χ4v) is 3.15. The molecule has 1 aliphatic rings. The zero-order chi connectivity index (χ0) is 19.6. The summed E-state index contributed by atoms with van der Waals surface area (Å²) in [5.74, 6) is -2.30. The van der Waals surface area contributed by atoms with Gasteiger partial charge in [-0.2, -0.15) is 0 Å². The van der Waals surface area contributed by atoms with Crippen LogP contribution in [0.3, 0.4) is 0 Å². The van der Waals surface area contributed by atoms with Crippen molar-refractivity contribution in [3.8, 4) is 5.75 Å². The van der Waals surface area contributed by atoms with Crippen molar-refractivity contribution in [1.29, 1.82) is 0 Å². The van der Waals surface area contributed by atoms with Crippen LogP contribution in [0.2, 0.25) is 0 Å². The molecule has 1 aliphatic heterocycles. The maximum atomic E-state index is 13.7. The normalized spacial score (nSPS) is 15.7. The molecule has 0 aromatic heterocycles. The van der Waals surface area contributed by atoms with Gasteiger partial charge in [-0.25, -0.2) is 8.78 Å². The molecule has 0 radical (unpaired) electrons. The highest BCUT2D eigenvalue weighted by molar-refractivity contribution is 5.99. The van der Waals surface area contributed by atoms with Gasteiger partial charge < -0.3 is 20.1 Å². The van der Waals surface area contributed by atoms with Crippen molar-refractivity contribution < 1.29 is 27.8 Å². The van der Waals surface area contributed by atoms with Crippen molar-refractivity contribution in [3.05, 3.63) is 53.1 Å². The van der Waals surface area contributed by atoms with Gasteiger partial charge in [-0.05, 0) is 35.4 Å². The number of fused-ring (bicyclic) bond motifs is 1. The predicted molar refractivity (Wildman–Crippen MR) is 94.9 cm³/mol. The highest BCUT2D eigenvalue weighted by Gasteiger charge is 2.29. The summed E-state index contributed by atoms with van der Waals surface area (Å²) in [4.78, 5) is 23.9. The number of ether oxygens (including phenoxy) is 2. The molecular weight excluding hydrogens is 358 g/mol. The molecule has 0 fully saturated rings. The Kier molecular flexibility index (Phi) is 5.36. The van der Waals surface area contributed by atoms with E-state index in [4.69, 9.17) is 9.47 Å². The molecule has 1 atom stereocenters. The van der Waals surface area contributed by atoms with Crippen molar-refractivity contribution in [3.63, 3.8) is 0 Å². The van der Waals surface area contributed by atoms with E-state index in [0.29, 0.717) is 28.3 Å². The second kappa shape index (κ2) is 7.71. The van der Waals surface area contributed by atoms with E-state index >= 15 is 0 Å². The number of amides is 2. The Morgan fingerprint density at radius 2 is 1.89 bits per heavy atom. The van der Waals surface area contributed by atoms with Gasteiger partial charge in [-0.3, -0.25) is 9.59 Å². The highest BCUT2D eigenvalue weighted by Crippen LogP contribution is 2.42. The smallest absolute Gasteiger partial charge is 0.250 e. The molecule has 142 valence electrons. The fourth-order valence-electron chi connectivity index (χ4n) is 3.15. The summed E-state index contributed by atoms with van der Waals surface area (Å²) >= 11 is 0. The molecule has 1 heterocycles. The van der Waals surface area contributed by atoms with Crippen molar-refractivity contribution in [1.82, 2.24) is 0 Å². The van der Waals surface area contributed by atoms with Crippen LogP contribution in [0.1, 0.15) is 23.5 Å². The molecule has 0 saturated heterocycles. The van der Waals surface area contributed by atoms with Gasteiger partial charge in [0.05, 0.1) is 12.8 Å². The molecule has 0 bridgehead atoms. The number of nitrogens with one attached hydrogen (secondary N) is 2. The van der Waals surface area contributed by atoms with E-state index in [9.17, 15) is 18.4 Å². The lowest BCUT2D eigenvalue weighted by molar-refractivity contribution is -0.119. The van der Waals surface area contributed by atoms with Gasteiger partial charge in [0, 0.05) is 31.2 Å². The summed E-state index contributed by atoms with van der Waals surface area (Å²) in [6.45, 7) is -0.141. The molecule has 2 aromatic rings. The van der Waals surface area contributed by atoms with E-state index in [0.717, 1.165) is 6.07 Å². The number of hydrogen-bond acceptors (Lipinski definition) is 4. The van der Waals surface area contributed by atoms with Gasteiger partial charge in [-0.15, -0.1) is 0 Å². The Balaban J connectivity index is 2.06. The number of hydrogen-bond donors (Lipinski definition) is 2. The molecule has 2 amide bonds. The van der Waals surface area contributed by atoms with Crippen LogP contribution in [0.25, 0.3) is 0 Å². The SMILES string of the molecule is COCC(=O)Nc1cc2c(cc1OC)C(c1cc(F)cc(F)c1)CC(=O)N2. The number of carbonyl (C=O) groups excluding carboxylic acids is 2. The molecule has 27 heavy (non-hydrogen) atoms. The Hall–Kier alpha value is -3.00. The van der Waals surface area contributed by atoms with Crippen LogP contribution in [0.15, 0.2) is 30.3 Å². The lowest BCUT2D eigenvalue weighted by Crippen LogP contribution is -2.24. The number of rotatable bonds is 5. The van der Waals surface area contributed by atoms with Crippen LogP contribution in [-0.4, -0.2) is 32.6 Å². The Bertz CT molecular complexity index is 881. The molecule has 6 nitrogen and oxygen atoms in total. The maximum Gasteiger partial charge on any atom is 0.250 e.